The first-order valence-electron chi connectivity index (χ1n) is 30.7. The third-order valence-corrected chi connectivity index (χ3v) is 17.5. The fraction of sp³-hybridized carbons (Fsp3) is 0.565. The summed E-state index contributed by atoms with van der Waals surface area (Å²) in [6.07, 6.45) is 8.73. The number of nitrogens with zero attached hydrogens (tertiary/aromatic N) is 8. The molecule has 3 aromatic rings. The maximum Gasteiger partial charge on any atom is 0.317 e. The number of aryl methyl sites for hydroxylation is 1. The van der Waals surface area contributed by atoms with Gasteiger partial charge < -0.3 is 55.1 Å². The second-order valence-corrected chi connectivity index (χ2v) is 24.9. The van der Waals surface area contributed by atoms with E-state index in [0.29, 0.717) is 107 Å². The third kappa shape index (κ3) is 26.2. The molecule has 1 aromatic heterocycles. The van der Waals surface area contributed by atoms with Crippen molar-refractivity contribution in [1.82, 2.24) is 60.6 Å². The van der Waals surface area contributed by atoms with Crippen molar-refractivity contribution in [2.24, 2.45) is 0 Å². The predicted molar refractivity (Wildman–Crippen MR) is 346 cm³/mol. The summed E-state index contributed by atoms with van der Waals surface area (Å²) in [5.41, 5.74) is 1.82. The second-order valence-electron chi connectivity index (χ2n) is 22.5. The number of carboxylic acid groups (broad SMARTS) is 1. The van der Waals surface area contributed by atoms with E-state index in [1.54, 1.807) is 32.9 Å². The Bertz CT molecular complexity index is 3040. The fourth-order valence-electron chi connectivity index (χ4n) is 10.7. The number of fused-ring (bicyclic) bond motifs is 1. The van der Waals surface area contributed by atoms with E-state index in [4.69, 9.17) is 25.4 Å². The molecular formula is C62H83F2IN12O15S. The Hall–Kier alpha value is -7.35. The molecule has 0 saturated carbocycles. The van der Waals surface area contributed by atoms with Gasteiger partial charge in [-0.2, -0.15) is 11.8 Å². The van der Waals surface area contributed by atoms with Gasteiger partial charge in [0, 0.05) is 125 Å². The van der Waals surface area contributed by atoms with E-state index in [2.05, 4.69) is 59.7 Å². The zero-order valence-electron chi connectivity index (χ0n) is 52.2. The maximum atomic E-state index is 14.5. The highest BCUT2D eigenvalue weighted by Gasteiger charge is 2.46. The molecule has 3 saturated heterocycles. The Morgan fingerprint density at radius 3 is 2.08 bits per heavy atom. The zero-order valence-corrected chi connectivity index (χ0v) is 55.1. The molecule has 27 nitrogen and oxygen atoms in total. The van der Waals surface area contributed by atoms with Crippen LogP contribution in [0.2, 0.25) is 0 Å². The topological polar surface area (TPSA) is 312 Å². The molecule has 0 bridgehead atoms. The average molecular weight is 1430 g/mol. The molecule has 3 atom stereocenters. The van der Waals surface area contributed by atoms with Crippen molar-refractivity contribution in [2.45, 2.75) is 69.0 Å². The van der Waals surface area contributed by atoms with Crippen LogP contribution in [-0.2, 0) is 63.8 Å². The molecule has 93 heavy (non-hydrogen) atoms. The first-order valence-corrected chi connectivity index (χ1v) is 32.9. The van der Waals surface area contributed by atoms with Gasteiger partial charge in [-0.05, 0) is 96.8 Å². The van der Waals surface area contributed by atoms with Gasteiger partial charge in [0.25, 0.3) is 24.8 Å². The van der Waals surface area contributed by atoms with Gasteiger partial charge in [0.2, 0.25) is 29.5 Å². The number of ether oxygens (including phenoxy) is 4. The maximum absolute atomic E-state index is 14.5. The number of amides is 6. The third-order valence-electron chi connectivity index (χ3n) is 15.8. The molecule has 0 spiro atoms. The SMILES string of the molecule is C#C[C@H]1CC(F)(F)CN1C(=O)CNC(=O)c1ccnc2ccc(OCCCCN3CCN(C(=O)[C@H](CC(=O)OC)NC(=O)[C@H](CSCCNC(=O)CCCc4ccc(I)cc4)NC(=O)CN4CCN(COC=O)CCN(COC=O)CCN(CC(=O)O)CC4)CC3)cc12. The molecule has 6 amide bonds. The van der Waals surface area contributed by atoms with Gasteiger partial charge in [-0.15, -0.1) is 6.42 Å². The number of pyridine rings is 1. The van der Waals surface area contributed by atoms with Crippen LogP contribution < -0.4 is 26.0 Å². The molecule has 31 heteroatoms. The number of thioether (sulfide) groups is 1. The van der Waals surface area contributed by atoms with Crippen molar-refractivity contribution in [3.05, 3.63) is 69.4 Å². The van der Waals surface area contributed by atoms with Crippen LogP contribution in [0.1, 0.15) is 54.4 Å². The Morgan fingerprint density at radius 1 is 0.796 bits per heavy atom. The Kier molecular flexibility index (Phi) is 31.6. The van der Waals surface area contributed by atoms with Crippen LogP contribution in [0.3, 0.4) is 0 Å². The van der Waals surface area contributed by atoms with Crippen LogP contribution >= 0.6 is 34.4 Å². The highest BCUT2D eigenvalue weighted by atomic mass is 127. The summed E-state index contributed by atoms with van der Waals surface area (Å²) in [4.78, 5) is 145. The molecule has 2 aromatic carbocycles. The van der Waals surface area contributed by atoms with Crippen LogP contribution in [0, 0.1) is 15.9 Å². The largest absolute Gasteiger partial charge is 0.494 e. The number of benzene rings is 2. The number of aliphatic carboxylic acids is 1. The van der Waals surface area contributed by atoms with Gasteiger partial charge >= 0.3 is 11.9 Å². The second kappa shape index (κ2) is 39.4. The number of likely N-dealkylation sites (tertiary alicyclic amines) is 1. The summed E-state index contributed by atoms with van der Waals surface area (Å²) in [6.45, 7) is 3.63. The first kappa shape index (κ1) is 74.7. The minimum Gasteiger partial charge on any atom is -0.494 e. The molecule has 3 aliphatic rings. The number of hydrogen-bond donors (Lipinski definition) is 5. The monoisotopic (exact) mass is 1430 g/mol. The van der Waals surface area contributed by atoms with E-state index < -0.39 is 91.5 Å². The quantitative estimate of drug-likeness (QED) is 0.0137. The van der Waals surface area contributed by atoms with Crippen molar-refractivity contribution in [2.75, 3.05) is 156 Å². The standard InChI is InChI=1S/C62H83F2IN12O15S/c1-3-47-35-62(63,64)40-77(47)56(82)36-68-59(86)49-15-16-66-51-14-13-48(33-50(49)51)92-31-5-4-18-71-27-29-76(30-28-71)61(88)52(34-58(85)89-2)70-60(87)53(39-93-32-17-67-54(80)8-6-7-45-9-11-46(65)12-10-45)69-55(81)37-72-19-20-73(38-57(83)84)22-24-75(42-91-44-79)26-25-74(23-21-72)41-90-43-78/h1,9-16,33,43-44,47,52-53H,4-8,17-32,34-42H2,2H3,(H,67,80)(H,68,86)(H,69,81)(H,70,87)(H,83,84)/t47-,52-,53-/m0/s1. The zero-order chi connectivity index (χ0) is 67.1. The molecule has 5 N–H and O–H groups in total. The van der Waals surface area contributed by atoms with E-state index in [-0.39, 0.29) is 89.6 Å². The highest BCUT2D eigenvalue weighted by Crippen LogP contribution is 2.32. The summed E-state index contributed by atoms with van der Waals surface area (Å²) in [6, 6.07) is 10.9. The molecule has 508 valence electrons. The van der Waals surface area contributed by atoms with E-state index in [0.717, 1.165) is 34.0 Å². The van der Waals surface area contributed by atoms with E-state index in [9.17, 15) is 61.8 Å². The van der Waals surface area contributed by atoms with E-state index in [1.807, 2.05) is 34.1 Å². The van der Waals surface area contributed by atoms with Crippen LogP contribution in [0.5, 0.6) is 5.75 Å². The smallest absolute Gasteiger partial charge is 0.317 e. The highest BCUT2D eigenvalue weighted by molar-refractivity contribution is 14.1. The Labute approximate surface area is 557 Å². The number of carbonyl (C=O) groups excluding carboxylic acids is 9. The van der Waals surface area contributed by atoms with Crippen LogP contribution in [0.25, 0.3) is 10.9 Å². The van der Waals surface area contributed by atoms with E-state index >= 15 is 0 Å². The number of piperazine rings is 1. The lowest BCUT2D eigenvalue weighted by molar-refractivity contribution is -0.147. The summed E-state index contributed by atoms with van der Waals surface area (Å²) in [7, 11) is 1.16. The van der Waals surface area contributed by atoms with Crippen LogP contribution in [0.15, 0.2) is 54.7 Å². The fourth-order valence-corrected chi connectivity index (χ4v) is 11.9. The van der Waals surface area contributed by atoms with E-state index in [1.165, 1.54) is 24.0 Å². The van der Waals surface area contributed by atoms with Crippen molar-refractivity contribution < 1.29 is 80.8 Å². The number of carboxylic acids is 1. The van der Waals surface area contributed by atoms with Crippen molar-refractivity contribution in [1.29, 1.82) is 0 Å². The number of alkyl halides is 2. The van der Waals surface area contributed by atoms with Gasteiger partial charge in [0.15, 0.2) is 0 Å². The number of nitrogens with one attached hydrogen (secondary N) is 4. The first-order chi connectivity index (χ1) is 44.8. The molecule has 0 aliphatic carbocycles. The van der Waals surface area contributed by atoms with Gasteiger partial charge in [-0.25, -0.2) is 8.78 Å². The predicted octanol–water partition coefficient (Wildman–Crippen LogP) is 0.714. The number of unbranched alkanes of at least 4 members (excludes halogenated alkanes) is 1. The van der Waals surface area contributed by atoms with Crippen molar-refractivity contribution in [3.8, 4) is 18.1 Å². The lowest BCUT2D eigenvalue weighted by Gasteiger charge is -2.36. The van der Waals surface area contributed by atoms with Gasteiger partial charge in [0.05, 0.1) is 63.4 Å². The molecule has 3 fully saturated rings. The van der Waals surface area contributed by atoms with Crippen LogP contribution in [0.4, 0.5) is 8.78 Å². The summed E-state index contributed by atoms with van der Waals surface area (Å²) in [5, 5.41) is 21.2. The van der Waals surface area contributed by atoms with Gasteiger partial charge in [0.1, 0.15) is 31.3 Å². The summed E-state index contributed by atoms with van der Waals surface area (Å²) in [5.74, 6) is -5.21. The number of hydrogen-bond acceptors (Lipinski definition) is 21. The molecule has 0 radical (unpaired) electrons. The number of esters is 1. The molecule has 3 aliphatic heterocycles. The van der Waals surface area contributed by atoms with Gasteiger partial charge in [-0.3, -0.25) is 77.4 Å². The lowest BCUT2D eigenvalue weighted by Crippen LogP contribution is -2.59. The minimum atomic E-state index is -3.12. The van der Waals surface area contributed by atoms with Crippen LogP contribution in [-0.4, -0.2) is 285 Å². The van der Waals surface area contributed by atoms with Crippen molar-refractivity contribution in [3.63, 3.8) is 0 Å². The molecule has 6 rings (SSSR count). The Balaban J connectivity index is 1.03. The normalized spacial score (nSPS) is 17.7. The summed E-state index contributed by atoms with van der Waals surface area (Å²) < 4.78 is 50.2. The number of terminal acetylenes is 1. The van der Waals surface area contributed by atoms with Gasteiger partial charge in [-0.1, -0.05) is 18.1 Å². The lowest BCUT2D eigenvalue weighted by atomic mass is 10.1. The molecule has 4 heterocycles. The minimum absolute atomic E-state index is 0.00487. The summed E-state index contributed by atoms with van der Waals surface area (Å²) >= 11 is 3.52. The number of methoxy groups -OCH3 is 1. The van der Waals surface area contributed by atoms with Crippen molar-refractivity contribution >= 4 is 106 Å². The number of halogens is 3. The number of aromatic nitrogens is 1. The molecule has 0 unspecified atom stereocenters. The average Bonchev–Trinajstić information content (AvgIpc) is 1.78. The number of rotatable bonds is 34. The number of carbonyl (C=O) groups is 10. The Morgan fingerprint density at radius 2 is 1.44 bits per heavy atom. The molecular weight excluding hydrogens is 1350 g/mol.